The Morgan fingerprint density at radius 2 is 1.67 bits per heavy atom. The number of nitrogens with two attached hydrogens (primary N) is 3. The minimum absolute atomic E-state index is 0.0613. The summed E-state index contributed by atoms with van der Waals surface area (Å²) in [6, 6.07) is 3.83. The van der Waals surface area contributed by atoms with Gasteiger partial charge in [0.1, 0.15) is 24.7 Å². The van der Waals surface area contributed by atoms with E-state index in [1.165, 1.54) is 24.1 Å². The van der Waals surface area contributed by atoms with Crippen LogP contribution in [0.2, 0.25) is 5.02 Å². The first kappa shape index (κ1) is 53.4. The van der Waals surface area contributed by atoms with Gasteiger partial charge in [0.25, 0.3) is 5.92 Å². The first-order valence-corrected chi connectivity index (χ1v) is 23.3. The van der Waals surface area contributed by atoms with Crippen LogP contribution in [0.4, 0.5) is 45.2 Å². The van der Waals surface area contributed by atoms with Crippen LogP contribution in [0.5, 0.6) is 0 Å². The van der Waals surface area contributed by atoms with Crippen molar-refractivity contribution in [2.45, 2.75) is 127 Å². The molecule has 2 aromatic rings. The third-order valence-corrected chi connectivity index (χ3v) is 14.0. The van der Waals surface area contributed by atoms with Crippen LogP contribution < -0.4 is 32.5 Å². The Morgan fingerprint density at radius 1 is 1.05 bits per heavy atom. The second-order valence-electron chi connectivity index (χ2n) is 17.3. The van der Waals surface area contributed by atoms with Crippen molar-refractivity contribution in [3.8, 4) is 0 Å². The smallest absolute Gasteiger partial charge is 0.402 e. The van der Waals surface area contributed by atoms with E-state index in [4.69, 9.17) is 29.0 Å². The molecule has 0 radical (unpaired) electrons. The summed E-state index contributed by atoms with van der Waals surface area (Å²) in [6.07, 6.45) is -2.44. The molecule has 4 atom stereocenters. The number of allylic oxidation sites excluding steroid dienone is 5. The second-order valence-corrected chi connectivity index (χ2v) is 20.4. The average Bonchev–Trinajstić information content (AvgIpc) is 3.92. The van der Waals surface area contributed by atoms with Gasteiger partial charge in [-0.05, 0) is 99.1 Å². The minimum atomic E-state index is -4.78. The fourth-order valence-corrected chi connectivity index (χ4v) is 10.2. The zero-order valence-corrected chi connectivity index (χ0v) is 39.3. The number of thioether (sulfide) groups is 1. The Morgan fingerprint density at radius 3 is 2.23 bits per heavy atom. The normalized spacial score (nSPS) is 18.2. The van der Waals surface area contributed by atoms with Crippen LogP contribution in [-0.2, 0) is 11.2 Å². The number of hydrazine groups is 2. The van der Waals surface area contributed by atoms with Crippen molar-refractivity contribution in [2.24, 2.45) is 29.3 Å². The summed E-state index contributed by atoms with van der Waals surface area (Å²) >= 11 is 9.81. The van der Waals surface area contributed by atoms with E-state index >= 15 is 8.78 Å². The lowest BCUT2D eigenvalue weighted by Crippen LogP contribution is -2.49. The SMILES string of the molecule is CSNC(C)c1c(Cl)ccc(/C(=C/C(C)=C(\N)CCC(C)(C)SC2CC2)C(C)[C@H](Cc2cc(F)cc(F)c2)NC(=O)CN(N)C2=C(C(C)C(F)F)CCC2(F)F)c1N(N)CC(F)(F)F. The van der Waals surface area contributed by atoms with Crippen molar-refractivity contribution >= 4 is 52.5 Å². The van der Waals surface area contributed by atoms with E-state index in [2.05, 4.69) is 23.9 Å². The van der Waals surface area contributed by atoms with Crippen molar-refractivity contribution in [1.29, 1.82) is 0 Å². The molecule has 1 saturated carbocycles. The summed E-state index contributed by atoms with van der Waals surface area (Å²) in [5, 5.41) is 4.37. The zero-order valence-electron chi connectivity index (χ0n) is 36.9. The highest BCUT2D eigenvalue weighted by Crippen LogP contribution is 2.47. The van der Waals surface area contributed by atoms with Crippen molar-refractivity contribution < 1.29 is 44.3 Å². The maximum atomic E-state index is 15.2. The number of hydrogen-bond acceptors (Lipinski definition) is 9. The van der Waals surface area contributed by atoms with E-state index in [9.17, 15) is 35.5 Å². The average molecular weight is 973 g/mol. The Bertz CT molecular complexity index is 2040. The molecule has 0 aliphatic heterocycles. The van der Waals surface area contributed by atoms with Gasteiger partial charge in [0, 0.05) is 68.3 Å². The number of alkyl halides is 7. The number of hydrogen-bond donors (Lipinski definition) is 5. The Kier molecular flexibility index (Phi) is 18.4. The molecule has 8 N–H and O–H groups in total. The van der Waals surface area contributed by atoms with Crippen LogP contribution in [-0.4, -0.2) is 64.8 Å². The number of halogens is 10. The van der Waals surface area contributed by atoms with Gasteiger partial charge in [0.15, 0.2) is 0 Å². The van der Waals surface area contributed by atoms with Gasteiger partial charge in [-0.3, -0.25) is 14.5 Å². The summed E-state index contributed by atoms with van der Waals surface area (Å²) in [4.78, 5) is 14.0. The molecule has 20 heteroatoms. The standard InChI is InChI=1S/C44H59ClF9N7OS2/c1-23(35(55)13-14-42(5,6)64-30-8-9-30)16-33(32-10-11-34(45)38(26(4)59-63-7)39(32)61(57)22-44(52,53)54)24(2)36(19-27-17-28(46)20-29(47)18-27)58-37(62)21-60(56)40-31(25(3)41(48)49)12-15-43(40,50)51/h10-11,16-18,20,24-26,30,36,41,59H,8-9,12-15,19,21-22,55-57H2,1-7H3,(H,58,62)/b33-16+,35-23-/t24?,25?,26?,36-/m0/s1. The summed E-state index contributed by atoms with van der Waals surface area (Å²) in [5.41, 5.74) is 7.12. The molecule has 2 aliphatic carbocycles. The number of carbonyl (C=O) groups is 1. The van der Waals surface area contributed by atoms with Crippen LogP contribution in [0.1, 0.15) is 103 Å². The number of nitrogens with zero attached hydrogens (tertiary/aromatic N) is 2. The maximum absolute atomic E-state index is 15.2. The van der Waals surface area contributed by atoms with Crippen LogP contribution >= 0.6 is 35.3 Å². The molecule has 0 heterocycles. The van der Waals surface area contributed by atoms with E-state index in [0.717, 1.165) is 31.9 Å². The first-order chi connectivity index (χ1) is 29.6. The molecule has 4 rings (SSSR count). The molecule has 0 aromatic heterocycles. The fourth-order valence-electron chi connectivity index (χ4n) is 7.95. The van der Waals surface area contributed by atoms with E-state index in [1.54, 1.807) is 33.1 Å². The predicted molar refractivity (Wildman–Crippen MR) is 241 cm³/mol. The Balaban J connectivity index is 1.93. The highest BCUT2D eigenvalue weighted by atomic mass is 35.5. The molecule has 358 valence electrons. The zero-order chi connectivity index (χ0) is 48.1. The minimum Gasteiger partial charge on any atom is -0.402 e. The number of nitrogens with one attached hydrogen (secondary N) is 2. The quantitative estimate of drug-likeness (QED) is 0.0258. The highest BCUT2D eigenvalue weighted by Gasteiger charge is 2.47. The summed E-state index contributed by atoms with van der Waals surface area (Å²) in [5.74, 6) is 3.37. The molecule has 64 heavy (non-hydrogen) atoms. The monoisotopic (exact) mass is 971 g/mol. The summed E-state index contributed by atoms with van der Waals surface area (Å²) < 4.78 is 133. The van der Waals surface area contributed by atoms with Crippen LogP contribution in [0.15, 0.2) is 58.9 Å². The van der Waals surface area contributed by atoms with Gasteiger partial charge in [-0.25, -0.2) is 29.2 Å². The third kappa shape index (κ3) is 14.6. The molecule has 2 aromatic carbocycles. The van der Waals surface area contributed by atoms with Gasteiger partial charge < -0.3 is 16.1 Å². The topological polar surface area (TPSA) is 126 Å². The largest absolute Gasteiger partial charge is 0.407 e. The van der Waals surface area contributed by atoms with Gasteiger partial charge in [-0.2, -0.15) is 33.7 Å². The van der Waals surface area contributed by atoms with Gasteiger partial charge in [0.2, 0.25) is 12.3 Å². The Hall–Kier alpha value is -3.23. The summed E-state index contributed by atoms with van der Waals surface area (Å²) in [6.45, 7) is 7.81. The Labute approximate surface area is 383 Å². The molecule has 8 nitrogen and oxygen atoms in total. The van der Waals surface area contributed by atoms with Crippen molar-refractivity contribution in [2.75, 3.05) is 24.4 Å². The molecule has 1 fully saturated rings. The van der Waals surface area contributed by atoms with Gasteiger partial charge >= 0.3 is 6.18 Å². The lowest BCUT2D eigenvalue weighted by atomic mass is 9.82. The molecular formula is C44H59ClF9N7OS2. The molecule has 1 amide bonds. The van der Waals surface area contributed by atoms with Gasteiger partial charge in [0.05, 0.1) is 11.4 Å². The number of carbonyl (C=O) groups excluding carboxylic acids is 1. The molecule has 0 bridgehead atoms. The van der Waals surface area contributed by atoms with Gasteiger partial charge in [-0.1, -0.05) is 63.4 Å². The van der Waals surface area contributed by atoms with Crippen LogP contribution in [0.25, 0.3) is 5.57 Å². The van der Waals surface area contributed by atoms with Crippen molar-refractivity contribution in [3.63, 3.8) is 0 Å². The van der Waals surface area contributed by atoms with Crippen molar-refractivity contribution in [3.05, 3.63) is 92.3 Å². The fraction of sp³-hybridized carbons (Fsp3) is 0.568. The van der Waals surface area contributed by atoms with Crippen molar-refractivity contribution in [1.82, 2.24) is 15.0 Å². The van der Waals surface area contributed by atoms with Crippen LogP contribution in [0.3, 0.4) is 0 Å². The molecular weight excluding hydrogens is 913 g/mol. The van der Waals surface area contributed by atoms with E-state index in [0.29, 0.717) is 45.4 Å². The molecule has 2 aliphatic rings. The molecule has 3 unspecified atom stereocenters. The predicted octanol–water partition coefficient (Wildman–Crippen LogP) is 11.0. The lowest BCUT2D eigenvalue weighted by Gasteiger charge is -2.34. The van der Waals surface area contributed by atoms with Gasteiger partial charge in [-0.15, -0.1) is 0 Å². The number of amides is 1. The van der Waals surface area contributed by atoms with E-state index in [1.807, 2.05) is 11.8 Å². The maximum Gasteiger partial charge on any atom is 0.407 e. The lowest BCUT2D eigenvalue weighted by molar-refractivity contribution is -0.123. The first-order valence-electron chi connectivity index (χ1n) is 20.9. The second kappa shape index (κ2) is 22.0. The van der Waals surface area contributed by atoms with E-state index in [-0.39, 0.29) is 56.1 Å². The van der Waals surface area contributed by atoms with Crippen LogP contribution in [0, 0.1) is 23.5 Å². The number of anilines is 1. The molecule has 0 saturated heterocycles. The van der Waals surface area contributed by atoms with E-state index < -0.39 is 85.2 Å². The number of benzene rings is 2. The highest BCUT2D eigenvalue weighted by molar-refractivity contribution is 8.01. The third-order valence-electron chi connectivity index (χ3n) is 11.4. The molecule has 0 spiro atoms. The summed E-state index contributed by atoms with van der Waals surface area (Å²) in [7, 11) is 0. The number of rotatable bonds is 22.